The Balaban J connectivity index is 1.22. The molecule has 9 heteroatoms. The maximum Gasteiger partial charge on any atom is 0.255 e. The zero-order chi connectivity index (χ0) is 29.6. The second kappa shape index (κ2) is 12.9. The molecule has 5 aromatic rings. The molecule has 0 saturated carbocycles. The molecule has 218 valence electrons. The van der Waals surface area contributed by atoms with Gasteiger partial charge in [0.25, 0.3) is 11.8 Å². The van der Waals surface area contributed by atoms with Crippen LogP contribution in [0.1, 0.15) is 46.0 Å². The van der Waals surface area contributed by atoms with Crippen LogP contribution in [-0.4, -0.2) is 57.4 Å². The van der Waals surface area contributed by atoms with Crippen LogP contribution < -0.4 is 10.6 Å². The topological polar surface area (TPSA) is 101 Å². The molecule has 1 aliphatic heterocycles. The third-order valence-corrected chi connectivity index (χ3v) is 7.54. The van der Waals surface area contributed by atoms with Crippen molar-refractivity contribution in [2.24, 2.45) is 0 Å². The average Bonchev–Trinajstić information content (AvgIpc) is 3.54. The van der Waals surface area contributed by atoms with Crippen LogP contribution >= 0.6 is 0 Å². The lowest BCUT2D eigenvalue weighted by atomic mass is 10.0. The molecular formula is C34H34N6O3. The molecule has 43 heavy (non-hydrogen) atoms. The van der Waals surface area contributed by atoms with Crippen molar-refractivity contribution in [1.29, 1.82) is 0 Å². The molecule has 0 spiro atoms. The fourth-order valence-corrected chi connectivity index (χ4v) is 5.22. The first-order valence-electron chi connectivity index (χ1n) is 14.7. The highest BCUT2D eigenvalue weighted by Crippen LogP contribution is 2.27. The quantitative estimate of drug-likeness (QED) is 0.217. The van der Waals surface area contributed by atoms with Crippen LogP contribution in [0.25, 0.3) is 16.9 Å². The van der Waals surface area contributed by atoms with Crippen molar-refractivity contribution in [3.05, 3.63) is 108 Å². The lowest BCUT2D eigenvalue weighted by Crippen LogP contribution is -2.40. The summed E-state index contributed by atoms with van der Waals surface area (Å²) in [6.07, 6.45) is 8.49. The molecule has 3 heterocycles. The molecule has 6 rings (SSSR count). The highest BCUT2D eigenvalue weighted by molar-refractivity contribution is 6.05. The highest BCUT2D eigenvalue weighted by atomic mass is 16.5. The largest absolute Gasteiger partial charge is 0.378 e. The third kappa shape index (κ3) is 6.42. The van der Waals surface area contributed by atoms with Gasteiger partial charge in [0.15, 0.2) is 11.5 Å². The van der Waals surface area contributed by atoms with Gasteiger partial charge in [-0.15, -0.1) is 0 Å². The molecular weight excluding hydrogens is 540 g/mol. The molecule has 1 fully saturated rings. The van der Waals surface area contributed by atoms with E-state index < -0.39 is 0 Å². The summed E-state index contributed by atoms with van der Waals surface area (Å²) in [5.41, 5.74) is 6.10. The van der Waals surface area contributed by atoms with Crippen molar-refractivity contribution >= 4 is 34.7 Å². The van der Waals surface area contributed by atoms with Crippen LogP contribution in [0.4, 0.5) is 17.2 Å². The summed E-state index contributed by atoms with van der Waals surface area (Å²) >= 11 is 0. The van der Waals surface area contributed by atoms with Gasteiger partial charge in [0.2, 0.25) is 0 Å². The molecule has 1 saturated heterocycles. The first kappa shape index (κ1) is 28.1. The Kier molecular flexibility index (Phi) is 8.42. The number of ether oxygens (including phenoxy) is 1. The van der Waals surface area contributed by atoms with E-state index in [1.165, 1.54) is 0 Å². The maximum atomic E-state index is 13.2. The second-order valence-corrected chi connectivity index (χ2v) is 10.5. The first-order chi connectivity index (χ1) is 21.1. The van der Waals surface area contributed by atoms with Crippen molar-refractivity contribution in [1.82, 2.24) is 19.3 Å². The number of amides is 2. The zero-order valence-electron chi connectivity index (χ0n) is 24.1. The van der Waals surface area contributed by atoms with Crippen LogP contribution in [0, 0.1) is 0 Å². The average molecular weight is 575 g/mol. The molecule has 9 nitrogen and oxygen atoms in total. The predicted octanol–water partition coefficient (Wildman–Crippen LogP) is 6.21. The molecule has 0 bridgehead atoms. The minimum atomic E-state index is -0.125. The van der Waals surface area contributed by atoms with E-state index in [9.17, 15) is 9.59 Å². The van der Waals surface area contributed by atoms with E-state index in [-0.39, 0.29) is 11.8 Å². The lowest BCUT2D eigenvalue weighted by molar-refractivity contribution is 0.0303. The normalized spacial score (nSPS) is 13.2. The van der Waals surface area contributed by atoms with E-state index in [0.29, 0.717) is 60.3 Å². The van der Waals surface area contributed by atoms with Crippen LogP contribution in [0.5, 0.6) is 0 Å². The molecule has 3 aromatic carbocycles. The van der Waals surface area contributed by atoms with Gasteiger partial charge < -0.3 is 24.7 Å². The predicted molar refractivity (Wildman–Crippen MR) is 168 cm³/mol. The number of anilines is 3. The van der Waals surface area contributed by atoms with Gasteiger partial charge in [-0.2, -0.15) is 0 Å². The smallest absolute Gasteiger partial charge is 0.255 e. The van der Waals surface area contributed by atoms with Crippen molar-refractivity contribution in [2.45, 2.75) is 26.2 Å². The highest BCUT2D eigenvalue weighted by Gasteiger charge is 2.19. The van der Waals surface area contributed by atoms with Gasteiger partial charge in [-0.1, -0.05) is 43.7 Å². The van der Waals surface area contributed by atoms with E-state index in [0.717, 1.165) is 36.1 Å². The summed E-state index contributed by atoms with van der Waals surface area (Å²) in [6.45, 7) is 4.48. The summed E-state index contributed by atoms with van der Waals surface area (Å²) in [7, 11) is 0. The molecule has 0 aliphatic carbocycles. The van der Waals surface area contributed by atoms with E-state index >= 15 is 0 Å². The molecule has 2 aromatic heterocycles. The zero-order valence-corrected chi connectivity index (χ0v) is 24.1. The molecule has 0 unspecified atom stereocenters. The van der Waals surface area contributed by atoms with Crippen molar-refractivity contribution < 1.29 is 14.3 Å². The van der Waals surface area contributed by atoms with Crippen molar-refractivity contribution in [3.8, 4) is 11.3 Å². The number of hydrogen-bond donors (Lipinski definition) is 2. The van der Waals surface area contributed by atoms with Crippen molar-refractivity contribution in [3.63, 3.8) is 0 Å². The molecule has 2 N–H and O–H groups in total. The number of rotatable bonds is 9. The number of carbonyl (C=O) groups excluding carboxylic acids is 2. The van der Waals surface area contributed by atoms with Gasteiger partial charge in [-0.05, 0) is 60.9 Å². The van der Waals surface area contributed by atoms with Gasteiger partial charge in [-0.3, -0.25) is 9.59 Å². The number of imidazole rings is 1. The van der Waals surface area contributed by atoms with E-state index in [4.69, 9.17) is 9.72 Å². The Morgan fingerprint density at radius 2 is 1.77 bits per heavy atom. The number of hydrogen-bond acceptors (Lipinski definition) is 6. The SMILES string of the molecule is CCCCc1ccccc1C(=O)Nc1cccc(-c2cn3ccnc3c(Nc3ccc(C(=O)N4CCOCC4)cc3)n2)c1. The fourth-order valence-electron chi connectivity index (χ4n) is 5.22. The number of nitrogens with one attached hydrogen (secondary N) is 2. The van der Waals surface area contributed by atoms with Gasteiger partial charge >= 0.3 is 0 Å². The number of aromatic nitrogens is 3. The van der Waals surface area contributed by atoms with Gasteiger partial charge in [0, 0.05) is 59.7 Å². The summed E-state index contributed by atoms with van der Waals surface area (Å²) in [4.78, 5) is 37.3. The number of morpholine rings is 1. The van der Waals surface area contributed by atoms with Gasteiger partial charge in [0.1, 0.15) is 0 Å². The minimum Gasteiger partial charge on any atom is -0.378 e. The molecule has 0 radical (unpaired) electrons. The van der Waals surface area contributed by atoms with Crippen LogP contribution in [0.3, 0.4) is 0 Å². The number of fused-ring (bicyclic) bond motifs is 1. The number of benzene rings is 3. The molecule has 2 amide bonds. The number of carbonyl (C=O) groups is 2. The fraction of sp³-hybridized carbons (Fsp3) is 0.235. The lowest BCUT2D eigenvalue weighted by Gasteiger charge is -2.26. The van der Waals surface area contributed by atoms with Crippen LogP contribution in [-0.2, 0) is 11.2 Å². The Morgan fingerprint density at radius 1 is 0.953 bits per heavy atom. The summed E-state index contributed by atoms with van der Waals surface area (Å²) in [6, 6.07) is 22.8. The summed E-state index contributed by atoms with van der Waals surface area (Å²) < 4.78 is 7.27. The monoisotopic (exact) mass is 574 g/mol. The summed E-state index contributed by atoms with van der Waals surface area (Å²) in [5.74, 6) is 0.455. The number of nitrogens with zero attached hydrogens (tertiary/aromatic N) is 4. The maximum absolute atomic E-state index is 13.2. The number of unbranched alkanes of at least 4 members (excludes halogenated alkanes) is 1. The van der Waals surface area contributed by atoms with Crippen molar-refractivity contribution in [2.75, 3.05) is 36.9 Å². The minimum absolute atomic E-state index is 0.00189. The Morgan fingerprint density at radius 3 is 2.58 bits per heavy atom. The summed E-state index contributed by atoms with van der Waals surface area (Å²) in [5, 5.41) is 6.44. The van der Waals surface area contributed by atoms with E-state index in [1.807, 2.05) is 94.5 Å². The van der Waals surface area contributed by atoms with E-state index in [2.05, 4.69) is 22.5 Å². The van der Waals surface area contributed by atoms with Crippen LogP contribution in [0.15, 0.2) is 91.4 Å². The Hall–Kier alpha value is -5.02. The van der Waals surface area contributed by atoms with Gasteiger partial charge in [0.05, 0.1) is 18.9 Å². The standard InChI is InChI=1S/C34H34N6O3/c1-2-3-7-24-8-4-5-11-29(24)33(41)37-28-10-6-9-26(22-28)30-23-40-17-16-35-32(40)31(38-30)36-27-14-12-25(13-15-27)34(42)39-18-20-43-21-19-39/h4-6,8-17,22-23H,2-3,7,18-21H2,1H3,(H,36,38)(H,37,41). The molecule has 0 atom stereocenters. The number of aryl methyl sites for hydroxylation is 1. The Labute approximate surface area is 250 Å². The third-order valence-electron chi connectivity index (χ3n) is 7.54. The first-order valence-corrected chi connectivity index (χ1v) is 14.7. The van der Waals surface area contributed by atoms with Gasteiger partial charge in [-0.25, -0.2) is 9.97 Å². The van der Waals surface area contributed by atoms with E-state index in [1.54, 1.807) is 6.20 Å². The molecule has 1 aliphatic rings. The Bertz CT molecular complexity index is 1740. The van der Waals surface area contributed by atoms with Crippen LogP contribution in [0.2, 0.25) is 0 Å². The second-order valence-electron chi connectivity index (χ2n) is 10.5.